The maximum atomic E-state index is 13.3. The van der Waals surface area contributed by atoms with E-state index in [9.17, 15) is 14.0 Å². The van der Waals surface area contributed by atoms with Crippen molar-refractivity contribution in [2.45, 2.75) is 0 Å². The van der Waals surface area contributed by atoms with Gasteiger partial charge in [-0.25, -0.2) is 4.39 Å². The summed E-state index contributed by atoms with van der Waals surface area (Å²) in [7, 11) is 0. The lowest BCUT2D eigenvalue weighted by molar-refractivity contribution is 0.102. The molecule has 0 unspecified atom stereocenters. The molecule has 3 aromatic carbocycles. The zero-order valence-electron chi connectivity index (χ0n) is 13.0. The van der Waals surface area contributed by atoms with E-state index in [4.69, 9.17) is 0 Å². The molecule has 0 aliphatic heterocycles. The summed E-state index contributed by atoms with van der Waals surface area (Å²) in [5, 5.41) is 2.68. The minimum atomic E-state index is -0.496. The Hall–Kier alpha value is -2.79. The van der Waals surface area contributed by atoms with Gasteiger partial charge in [0.2, 0.25) is 0 Å². The van der Waals surface area contributed by atoms with Crippen LogP contribution in [-0.4, -0.2) is 11.7 Å². The van der Waals surface area contributed by atoms with Gasteiger partial charge in [0.05, 0.1) is 5.69 Å². The molecule has 3 aromatic rings. The lowest BCUT2D eigenvalue weighted by Gasteiger charge is -2.11. The summed E-state index contributed by atoms with van der Waals surface area (Å²) in [6.45, 7) is 0. The molecule has 0 saturated carbocycles. The van der Waals surface area contributed by atoms with Crippen LogP contribution in [0.25, 0.3) is 0 Å². The third kappa shape index (κ3) is 4.00. The average Bonchev–Trinajstić information content (AvgIpc) is 2.63. The number of anilines is 1. The minimum Gasteiger partial charge on any atom is -0.321 e. The predicted molar refractivity (Wildman–Crippen MR) is 98.4 cm³/mol. The molecule has 0 saturated heterocycles. The molecule has 124 valence electrons. The van der Waals surface area contributed by atoms with E-state index in [0.29, 0.717) is 16.8 Å². The van der Waals surface area contributed by atoms with Crippen molar-refractivity contribution in [1.82, 2.24) is 0 Å². The standard InChI is InChI=1S/C20H13BrFNO2/c21-15-9-10-18(23-20(25)14-7-4-8-16(22)11-14)17(12-15)19(24)13-5-2-1-3-6-13/h1-12H,(H,23,25). The molecule has 0 bridgehead atoms. The van der Waals surface area contributed by atoms with Crippen LogP contribution in [-0.2, 0) is 0 Å². The second kappa shape index (κ2) is 7.40. The Labute approximate surface area is 152 Å². The van der Waals surface area contributed by atoms with Crippen molar-refractivity contribution in [3.8, 4) is 0 Å². The van der Waals surface area contributed by atoms with Crippen LogP contribution >= 0.6 is 15.9 Å². The van der Waals surface area contributed by atoms with Crippen molar-refractivity contribution in [3.05, 3.63) is 99.8 Å². The molecule has 0 aliphatic carbocycles. The summed E-state index contributed by atoms with van der Waals surface area (Å²) < 4.78 is 14.0. The Morgan fingerprint density at radius 1 is 0.840 bits per heavy atom. The summed E-state index contributed by atoms with van der Waals surface area (Å²) in [6, 6.07) is 19.2. The fourth-order valence-electron chi connectivity index (χ4n) is 2.38. The second-order valence-electron chi connectivity index (χ2n) is 5.35. The van der Waals surface area contributed by atoms with E-state index in [-0.39, 0.29) is 11.3 Å². The van der Waals surface area contributed by atoms with Gasteiger partial charge in [-0.2, -0.15) is 0 Å². The van der Waals surface area contributed by atoms with Gasteiger partial charge in [0.25, 0.3) is 5.91 Å². The molecule has 0 aromatic heterocycles. The number of carbonyl (C=O) groups is 2. The molecule has 0 aliphatic rings. The Kier molecular flexibility index (Phi) is 5.05. The Bertz CT molecular complexity index is 941. The zero-order valence-corrected chi connectivity index (χ0v) is 14.6. The number of carbonyl (C=O) groups excluding carboxylic acids is 2. The minimum absolute atomic E-state index is 0.182. The molecule has 1 N–H and O–H groups in total. The third-order valence-corrected chi connectivity index (χ3v) is 4.09. The van der Waals surface area contributed by atoms with E-state index in [2.05, 4.69) is 21.2 Å². The maximum absolute atomic E-state index is 13.3. The van der Waals surface area contributed by atoms with E-state index < -0.39 is 11.7 Å². The van der Waals surface area contributed by atoms with Crippen LogP contribution in [0.1, 0.15) is 26.3 Å². The van der Waals surface area contributed by atoms with Gasteiger partial charge in [0.1, 0.15) is 5.82 Å². The van der Waals surface area contributed by atoms with E-state index >= 15 is 0 Å². The number of hydrogen-bond acceptors (Lipinski definition) is 2. The highest BCUT2D eigenvalue weighted by atomic mass is 79.9. The first-order chi connectivity index (χ1) is 12.0. The largest absolute Gasteiger partial charge is 0.321 e. The number of ketones is 1. The highest BCUT2D eigenvalue weighted by Gasteiger charge is 2.16. The molecule has 3 rings (SSSR count). The maximum Gasteiger partial charge on any atom is 0.255 e. The molecule has 0 heterocycles. The molecule has 5 heteroatoms. The van der Waals surface area contributed by atoms with Crippen LogP contribution in [0.4, 0.5) is 10.1 Å². The summed E-state index contributed by atoms with van der Waals surface area (Å²) >= 11 is 3.34. The quantitative estimate of drug-likeness (QED) is 0.624. The fourth-order valence-corrected chi connectivity index (χ4v) is 2.74. The van der Waals surface area contributed by atoms with E-state index in [1.165, 1.54) is 18.2 Å². The smallest absolute Gasteiger partial charge is 0.255 e. The van der Waals surface area contributed by atoms with Gasteiger partial charge < -0.3 is 5.32 Å². The van der Waals surface area contributed by atoms with Crippen molar-refractivity contribution < 1.29 is 14.0 Å². The SMILES string of the molecule is O=C(Nc1ccc(Br)cc1C(=O)c1ccccc1)c1cccc(F)c1. The van der Waals surface area contributed by atoms with E-state index in [1.807, 2.05) is 6.07 Å². The first kappa shape index (κ1) is 17.0. The van der Waals surface area contributed by atoms with Crippen LogP contribution in [0.3, 0.4) is 0 Å². The topological polar surface area (TPSA) is 46.2 Å². The predicted octanol–water partition coefficient (Wildman–Crippen LogP) is 5.07. The van der Waals surface area contributed by atoms with Crippen molar-refractivity contribution >= 4 is 33.3 Å². The van der Waals surface area contributed by atoms with Gasteiger partial charge >= 0.3 is 0 Å². The van der Waals surface area contributed by atoms with E-state index in [1.54, 1.807) is 42.5 Å². The van der Waals surface area contributed by atoms with Crippen molar-refractivity contribution in [1.29, 1.82) is 0 Å². The second-order valence-corrected chi connectivity index (χ2v) is 6.27. The van der Waals surface area contributed by atoms with Gasteiger partial charge in [-0.3, -0.25) is 9.59 Å². The van der Waals surface area contributed by atoms with Crippen LogP contribution in [0.5, 0.6) is 0 Å². The molecule has 0 spiro atoms. The number of rotatable bonds is 4. The monoisotopic (exact) mass is 397 g/mol. The van der Waals surface area contributed by atoms with Crippen LogP contribution in [0.15, 0.2) is 77.3 Å². The first-order valence-corrected chi connectivity index (χ1v) is 8.30. The summed E-state index contributed by atoms with van der Waals surface area (Å²) in [6.07, 6.45) is 0. The van der Waals surface area contributed by atoms with Gasteiger partial charge in [-0.15, -0.1) is 0 Å². The molecule has 3 nitrogen and oxygen atoms in total. The molecule has 0 atom stereocenters. The van der Waals surface area contributed by atoms with Crippen molar-refractivity contribution in [2.75, 3.05) is 5.32 Å². The third-order valence-electron chi connectivity index (χ3n) is 3.60. The lowest BCUT2D eigenvalue weighted by atomic mass is 10.0. The first-order valence-electron chi connectivity index (χ1n) is 7.51. The Morgan fingerprint density at radius 3 is 2.28 bits per heavy atom. The van der Waals surface area contributed by atoms with Crippen molar-refractivity contribution in [2.24, 2.45) is 0 Å². The summed E-state index contributed by atoms with van der Waals surface area (Å²) in [5.74, 6) is -1.19. The molecule has 25 heavy (non-hydrogen) atoms. The Morgan fingerprint density at radius 2 is 1.56 bits per heavy atom. The van der Waals surface area contributed by atoms with Crippen LogP contribution in [0, 0.1) is 5.82 Å². The van der Waals surface area contributed by atoms with Crippen molar-refractivity contribution in [3.63, 3.8) is 0 Å². The van der Waals surface area contributed by atoms with Gasteiger partial charge in [0, 0.05) is 21.2 Å². The molecule has 0 fully saturated rings. The Balaban J connectivity index is 1.94. The highest BCUT2D eigenvalue weighted by Crippen LogP contribution is 2.24. The molecular weight excluding hydrogens is 385 g/mol. The number of halogens is 2. The number of benzene rings is 3. The number of hydrogen-bond donors (Lipinski definition) is 1. The number of amides is 1. The molecular formula is C20H13BrFNO2. The summed E-state index contributed by atoms with van der Waals surface area (Å²) in [4.78, 5) is 25.1. The molecule has 1 amide bonds. The van der Waals surface area contributed by atoms with Gasteiger partial charge in [-0.05, 0) is 36.4 Å². The lowest BCUT2D eigenvalue weighted by Crippen LogP contribution is -2.15. The summed E-state index contributed by atoms with van der Waals surface area (Å²) in [5.41, 5.74) is 1.42. The fraction of sp³-hybridized carbons (Fsp3) is 0. The highest BCUT2D eigenvalue weighted by molar-refractivity contribution is 9.10. The average molecular weight is 398 g/mol. The number of nitrogens with one attached hydrogen (secondary N) is 1. The molecule has 0 radical (unpaired) electrons. The normalized spacial score (nSPS) is 10.3. The van der Waals surface area contributed by atoms with E-state index in [0.717, 1.165) is 10.5 Å². The van der Waals surface area contributed by atoms with Gasteiger partial charge in [0.15, 0.2) is 5.78 Å². The zero-order chi connectivity index (χ0) is 17.8. The van der Waals surface area contributed by atoms with Crippen LogP contribution in [0.2, 0.25) is 0 Å². The van der Waals surface area contributed by atoms with Gasteiger partial charge in [-0.1, -0.05) is 52.3 Å². The van der Waals surface area contributed by atoms with Crippen LogP contribution < -0.4 is 5.32 Å².